The van der Waals surface area contributed by atoms with Crippen LogP contribution in [0.4, 0.5) is 0 Å². The minimum Gasteiger partial charge on any atom is -0.468 e. The summed E-state index contributed by atoms with van der Waals surface area (Å²) in [6.07, 6.45) is 0. The van der Waals surface area contributed by atoms with E-state index in [4.69, 9.17) is 0 Å². The van der Waals surface area contributed by atoms with Crippen molar-refractivity contribution >= 4 is 27.8 Å². The van der Waals surface area contributed by atoms with Gasteiger partial charge in [0.1, 0.15) is 6.04 Å². The largest absolute Gasteiger partial charge is 0.468 e. The maximum Gasteiger partial charge on any atom is 0.325 e. The Labute approximate surface area is 110 Å². The molecule has 1 heterocycles. The monoisotopic (exact) mass is 287 g/mol. The number of carbonyl (C=O) groups is 1. The summed E-state index contributed by atoms with van der Waals surface area (Å²) < 4.78 is 30.6. The number of carbonyl (C=O) groups excluding carboxylic acids is 1. The molecule has 0 aromatic heterocycles. The number of benzene rings is 1. The second-order valence-electron chi connectivity index (χ2n) is 3.74. The third-order valence-electron chi connectivity index (χ3n) is 2.66. The van der Waals surface area contributed by atoms with Gasteiger partial charge in [-0.25, -0.2) is 8.42 Å². The van der Waals surface area contributed by atoms with Crippen molar-refractivity contribution in [3.8, 4) is 0 Å². The van der Waals surface area contributed by atoms with Crippen LogP contribution in [0.2, 0.25) is 0 Å². The first-order valence-corrected chi connectivity index (χ1v) is 7.89. The average Bonchev–Trinajstić information content (AvgIpc) is 2.89. The van der Waals surface area contributed by atoms with Gasteiger partial charge in [-0.15, -0.1) is 11.8 Å². The quantitative estimate of drug-likeness (QED) is 0.774. The summed E-state index contributed by atoms with van der Waals surface area (Å²) in [4.78, 5) is 11.8. The molecule has 1 saturated heterocycles. The molecule has 1 atom stereocenters. The van der Waals surface area contributed by atoms with Gasteiger partial charge < -0.3 is 4.74 Å². The molecule has 0 aliphatic carbocycles. The van der Waals surface area contributed by atoms with Gasteiger partial charge >= 0.3 is 5.97 Å². The fourth-order valence-corrected chi connectivity index (χ4v) is 4.86. The third kappa shape index (κ3) is 2.38. The van der Waals surface area contributed by atoms with Crippen LogP contribution in [0.25, 0.3) is 0 Å². The molecule has 0 bridgehead atoms. The first kappa shape index (κ1) is 13.4. The molecule has 0 saturated carbocycles. The average molecular weight is 287 g/mol. The molecule has 2 rings (SSSR count). The van der Waals surface area contributed by atoms with Crippen LogP contribution < -0.4 is 0 Å². The highest BCUT2D eigenvalue weighted by molar-refractivity contribution is 8.00. The van der Waals surface area contributed by atoms with Crippen LogP contribution in [0.5, 0.6) is 0 Å². The third-order valence-corrected chi connectivity index (χ3v) is 5.71. The van der Waals surface area contributed by atoms with E-state index in [0.717, 1.165) is 0 Å². The second-order valence-corrected chi connectivity index (χ2v) is 6.63. The summed E-state index contributed by atoms with van der Waals surface area (Å²) in [6, 6.07) is 7.37. The smallest absolute Gasteiger partial charge is 0.325 e. The molecule has 1 unspecified atom stereocenters. The van der Waals surface area contributed by atoms with E-state index in [0.29, 0.717) is 5.75 Å². The topological polar surface area (TPSA) is 63.7 Å². The molecule has 5 nitrogen and oxygen atoms in total. The van der Waals surface area contributed by atoms with Gasteiger partial charge in [0, 0.05) is 5.75 Å². The summed E-state index contributed by atoms with van der Waals surface area (Å²) in [5.74, 6) is 0.190. The molecule has 98 valence electrons. The molecule has 1 aliphatic heterocycles. The molecule has 0 amide bonds. The Morgan fingerprint density at radius 2 is 2.06 bits per heavy atom. The molecule has 1 fully saturated rings. The van der Waals surface area contributed by atoms with Gasteiger partial charge in [-0.2, -0.15) is 4.31 Å². The number of ether oxygens (including phenoxy) is 1. The van der Waals surface area contributed by atoms with E-state index in [1.54, 1.807) is 18.2 Å². The molecule has 18 heavy (non-hydrogen) atoms. The van der Waals surface area contributed by atoms with E-state index in [1.807, 2.05) is 0 Å². The van der Waals surface area contributed by atoms with Gasteiger partial charge in [0.2, 0.25) is 10.0 Å². The Kier molecular flexibility index (Phi) is 3.94. The van der Waals surface area contributed by atoms with E-state index >= 15 is 0 Å². The van der Waals surface area contributed by atoms with Crippen molar-refractivity contribution in [3.05, 3.63) is 30.3 Å². The summed E-state index contributed by atoms with van der Waals surface area (Å²) in [6.45, 7) is 0. The molecule has 0 N–H and O–H groups in total. The van der Waals surface area contributed by atoms with Crippen molar-refractivity contribution in [2.75, 3.05) is 18.7 Å². The van der Waals surface area contributed by atoms with Crippen molar-refractivity contribution in [1.29, 1.82) is 0 Å². The number of nitrogens with zero attached hydrogens (tertiary/aromatic N) is 1. The fourth-order valence-electron chi connectivity index (χ4n) is 1.71. The first-order valence-electron chi connectivity index (χ1n) is 5.30. The minimum atomic E-state index is -3.63. The molecule has 7 heteroatoms. The Morgan fingerprint density at radius 1 is 1.39 bits per heavy atom. The Bertz CT molecular complexity index is 529. The number of esters is 1. The second kappa shape index (κ2) is 5.29. The van der Waals surface area contributed by atoms with E-state index in [9.17, 15) is 13.2 Å². The Balaban J connectivity index is 2.33. The molecule has 0 spiro atoms. The van der Waals surface area contributed by atoms with Crippen LogP contribution in [0.15, 0.2) is 35.2 Å². The van der Waals surface area contributed by atoms with Crippen molar-refractivity contribution < 1.29 is 17.9 Å². The molecular formula is C11H13NO4S2. The van der Waals surface area contributed by atoms with Gasteiger partial charge in [-0.3, -0.25) is 4.79 Å². The highest BCUT2D eigenvalue weighted by Crippen LogP contribution is 2.28. The Hall–Kier alpha value is -1.05. The lowest BCUT2D eigenvalue weighted by Gasteiger charge is -2.21. The maximum atomic E-state index is 12.4. The zero-order valence-electron chi connectivity index (χ0n) is 9.78. The number of sulfonamides is 1. The zero-order chi connectivity index (χ0) is 13.2. The van der Waals surface area contributed by atoms with Crippen LogP contribution >= 0.6 is 11.8 Å². The van der Waals surface area contributed by atoms with Crippen LogP contribution in [-0.2, 0) is 19.6 Å². The van der Waals surface area contributed by atoms with Crippen LogP contribution in [0.1, 0.15) is 0 Å². The van der Waals surface area contributed by atoms with E-state index in [-0.39, 0.29) is 10.8 Å². The van der Waals surface area contributed by atoms with Gasteiger partial charge in [-0.05, 0) is 12.1 Å². The number of hydrogen-bond acceptors (Lipinski definition) is 5. The van der Waals surface area contributed by atoms with Crippen LogP contribution in [0, 0.1) is 0 Å². The summed E-state index contributed by atoms with van der Waals surface area (Å²) >= 11 is 1.40. The summed E-state index contributed by atoms with van der Waals surface area (Å²) in [5.41, 5.74) is 0. The lowest BCUT2D eigenvalue weighted by molar-refractivity contribution is -0.143. The van der Waals surface area contributed by atoms with Crippen molar-refractivity contribution in [2.24, 2.45) is 0 Å². The number of thioether (sulfide) groups is 1. The van der Waals surface area contributed by atoms with Gasteiger partial charge in [0.15, 0.2) is 0 Å². The minimum absolute atomic E-state index is 0.196. The first-order chi connectivity index (χ1) is 8.57. The normalized spacial score (nSPS) is 20.8. The molecule has 1 aliphatic rings. The predicted octanol–water partition coefficient (Wildman–Crippen LogP) is 0.923. The predicted molar refractivity (Wildman–Crippen MR) is 68.6 cm³/mol. The van der Waals surface area contributed by atoms with Gasteiger partial charge in [0.05, 0.1) is 17.9 Å². The lowest BCUT2D eigenvalue weighted by atomic mass is 10.3. The molecule has 1 aromatic carbocycles. The lowest BCUT2D eigenvalue weighted by Crippen LogP contribution is -2.42. The SMILES string of the molecule is COC(=O)C1CSCN1S(=O)(=O)c1ccccc1. The van der Waals surface area contributed by atoms with E-state index < -0.39 is 22.0 Å². The van der Waals surface area contributed by atoms with E-state index in [2.05, 4.69) is 4.74 Å². The highest BCUT2D eigenvalue weighted by Gasteiger charge is 2.40. The number of rotatable bonds is 3. The molecular weight excluding hydrogens is 274 g/mol. The van der Waals surface area contributed by atoms with Crippen molar-refractivity contribution in [1.82, 2.24) is 4.31 Å². The molecule has 1 aromatic rings. The fraction of sp³-hybridized carbons (Fsp3) is 0.364. The highest BCUT2D eigenvalue weighted by atomic mass is 32.2. The van der Waals surface area contributed by atoms with E-state index in [1.165, 1.54) is 35.3 Å². The Morgan fingerprint density at radius 3 is 2.67 bits per heavy atom. The molecule has 0 radical (unpaired) electrons. The maximum absolute atomic E-state index is 12.4. The van der Waals surface area contributed by atoms with Gasteiger partial charge in [-0.1, -0.05) is 18.2 Å². The summed E-state index contributed by atoms with van der Waals surface area (Å²) in [7, 11) is -2.37. The standard InChI is InChI=1S/C11H13NO4S2/c1-16-11(13)10-7-17-8-12(10)18(14,15)9-5-3-2-4-6-9/h2-6,10H,7-8H2,1H3. The van der Waals surface area contributed by atoms with Crippen LogP contribution in [-0.4, -0.2) is 43.5 Å². The number of hydrogen-bond donors (Lipinski definition) is 0. The van der Waals surface area contributed by atoms with Crippen molar-refractivity contribution in [2.45, 2.75) is 10.9 Å². The van der Waals surface area contributed by atoms with Gasteiger partial charge in [0.25, 0.3) is 0 Å². The zero-order valence-corrected chi connectivity index (χ0v) is 11.4. The summed E-state index contributed by atoms with van der Waals surface area (Å²) in [5, 5.41) is 0. The van der Waals surface area contributed by atoms with Crippen molar-refractivity contribution in [3.63, 3.8) is 0 Å². The van der Waals surface area contributed by atoms with Crippen LogP contribution in [0.3, 0.4) is 0 Å². The number of methoxy groups -OCH3 is 1.